The van der Waals surface area contributed by atoms with E-state index in [-0.39, 0.29) is 16.1 Å². The van der Waals surface area contributed by atoms with E-state index in [1.54, 1.807) is 18.2 Å². The fourth-order valence-electron chi connectivity index (χ4n) is 1.75. The molecule has 7 nitrogen and oxygen atoms in total. The van der Waals surface area contributed by atoms with Crippen molar-refractivity contribution in [3.63, 3.8) is 0 Å². The Kier molecular flexibility index (Phi) is 3.43. The number of nitrogens with zero attached hydrogens (tertiary/aromatic N) is 2. The van der Waals surface area contributed by atoms with Crippen LogP contribution in [-0.4, -0.2) is 21.2 Å². The van der Waals surface area contributed by atoms with E-state index in [0.717, 1.165) is 11.3 Å². The number of benzene rings is 1. The van der Waals surface area contributed by atoms with E-state index < -0.39 is 22.8 Å². The minimum Gasteiger partial charge on any atom is -0.506 e. The van der Waals surface area contributed by atoms with Crippen LogP contribution in [0.5, 0.6) is 5.75 Å². The van der Waals surface area contributed by atoms with Crippen LogP contribution in [0.2, 0.25) is 0 Å². The number of carbonyl (C=O) groups excluding carboxylic acids is 1. The van der Waals surface area contributed by atoms with E-state index in [9.17, 15) is 14.7 Å². The maximum absolute atomic E-state index is 12.1. The zero-order valence-electron chi connectivity index (χ0n) is 10.2. The molecule has 0 aliphatic carbocycles. The summed E-state index contributed by atoms with van der Waals surface area (Å²) in [5, 5.41) is 20.3. The molecule has 0 bridgehead atoms. The summed E-state index contributed by atoms with van der Waals surface area (Å²) in [7, 11) is 0. The van der Waals surface area contributed by atoms with Gasteiger partial charge in [0.05, 0.1) is 5.39 Å². The average Bonchev–Trinajstić information content (AvgIpc) is 2.84. The third-order valence-electron chi connectivity index (χ3n) is 2.63. The van der Waals surface area contributed by atoms with E-state index in [2.05, 4.69) is 31.4 Å². The zero-order valence-corrected chi connectivity index (χ0v) is 12.6. The fourth-order valence-corrected chi connectivity index (χ4v) is 2.76. The molecule has 3 rings (SSSR count). The maximum Gasteiger partial charge on any atom is 0.353 e. The fraction of sp³-hybridized carbons (Fsp3) is 0. The lowest BCUT2D eigenvalue weighted by Gasteiger charge is -2.05. The molecule has 0 aliphatic rings. The molecule has 0 fully saturated rings. The van der Waals surface area contributed by atoms with Gasteiger partial charge in [0.2, 0.25) is 5.13 Å². The van der Waals surface area contributed by atoms with Crippen molar-refractivity contribution in [1.29, 1.82) is 0 Å². The van der Waals surface area contributed by atoms with Gasteiger partial charge in [-0.3, -0.25) is 10.1 Å². The number of aromatic hydroxyl groups is 1. The van der Waals surface area contributed by atoms with Crippen molar-refractivity contribution >= 4 is 49.3 Å². The monoisotopic (exact) mass is 367 g/mol. The number of anilines is 1. The lowest BCUT2D eigenvalue weighted by molar-refractivity contribution is 0.102. The summed E-state index contributed by atoms with van der Waals surface area (Å²) >= 11 is 4.18. The van der Waals surface area contributed by atoms with Crippen LogP contribution in [0.15, 0.2) is 37.4 Å². The summed E-state index contributed by atoms with van der Waals surface area (Å²) in [5.41, 5.74) is -1.19. The first-order valence-corrected chi connectivity index (χ1v) is 7.22. The van der Waals surface area contributed by atoms with Gasteiger partial charge >= 0.3 is 5.63 Å². The zero-order chi connectivity index (χ0) is 15.0. The molecule has 0 spiro atoms. The van der Waals surface area contributed by atoms with E-state index >= 15 is 0 Å². The highest BCUT2D eigenvalue weighted by Crippen LogP contribution is 2.27. The van der Waals surface area contributed by atoms with Crippen LogP contribution >= 0.6 is 27.3 Å². The first kappa shape index (κ1) is 13.7. The van der Waals surface area contributed by atoms with Crippen molar-refractivity contribution in [2.75, 3.05) is 5.32 Å². The molecule has 2 heterocycles. The number of aromatic nitrogens is 2. The molecule has 1 aromatic carbocycles. The predicted octanol–water partition coefficient (Wildman–Crippen LogP) is 2.36. The summed E-state index contributed by atoms with van der Waals surface area (Å²) in [6.07, 6.45) is 0. The number of fused-ring (bicyclic) bond motifs is 1. The van der Waals surface area contributed by atoms with Crippen molar-refractivity contribution < 1.29 is 14.3 Å². The Balaban J connectivity index is 2.07. The number of hydrogen-bond acceptors (Lipinski definition) is 7. The van der Waals surface area contributed by atoms with Gasteiger partial charge in [0.25, 0.3) is 5.91 Å². The Morgan fingerprint density at radius 2 is 2.10 bits per heavy atom. The van der Waals surface area contributed by atoms with Gasteiger partial charge in [-0.25, -0.2) is 4.79 Å². The van der Waals surface area contributed by atoms with Crippen LogP contribution in [0.25, 0.3) is 11.0 Å². The molecule has 0 saturated heterocycles. The second-order valence-electron chi connectivity index (χ2n) is 3.92. The largest absolute Gasteiger partial charge is 0.506 e. The normalized spacial score (nSPS) is 10.7. The number of amides is 1. The lowest BCUT2D eigenvalue weighted by atomic mass is 10.1. The highest BCUT2D eigenvalue weighted by atomic mass is 79.9. The van der Waals surface area contributed by atoms with Crippen molar-refractivity contribution in [2.45, 2.75) is 0 Å². The van der Waals surface area contributed by atoms with Crippen LogP contribution in [-0.2, 0) is 0 Å². The first-order valence-electron chi connectivity index (χ1n) is 5.61. The maximum atomic E-state index is 12.1. The first-order chi connectivity index (χ1) is 10.1. The highest BCUT2D eigenvalue weighted by molar-refractivity contribution is 9.11. The molecule has 2 N–H and O–H groups in total. The van der Waals surface area contributed by atoms with E-state index in [4.69, 9.17) is 4.42 Å². The van der Waals surface area contributed by atoms with Crippen LogP contribution < -0.4 is 10.9 Å². The Labute approximate surface area is 129 Å². The SMILES string of the molecule is O=C(Nc1nnc(Br)s1)c1c(O)c2ccccc2oc1=O. The standard InChI is InChI=1S/C12H6BrN3O4S/c13-11-15-16-12(21-11)14-9(18)7-8(17)5-3-1-2-4-6(5)20-10(7)19/h1-4,17H,(H,14,16,18). The average molecular weight is 368 g/mol. The van der Waals surface area contributed by atoms with E-state index in [1.807, 2.05) is 0 Å². The van der Waals surface area contributed by atoms with Crippen molar-refractivity contribution in [1.82, 2.24) is 10.2 Å². The van der Waals surface area contributed by atoms with Gasteiger partial charge in [0.15, 0.2) is 9.48 Å². The molecule has 0 saturated carbocycles. The van der Waals surface area contributed by atoms with Gasteiger partial charge in [0.1, 0.15) is 11.3 Å². The van der Waals surface area contributed by atoms with Crippen LogP contribution in [0.1, 0.15) is 10.4 Å². The summed E-state index contributed by atoms with van der Waals surface area (Å²) < 4.78 is 5.50. The van der Waals surface area contributed by atoms with Gasteiger partial charge in [-0.05, 0) is 28.1 Å². The van der Waals surface area contributed by atoms with Gasteiger partial charge in [-0.15, -0.1) is 10.2 Å². The quantitative estimate of drug-likeness (QED) is 0.673. The summed E-state index contributed by atoms with van der Waals surface area (Å²) in [4.78, 5) is 24.0. The number of rotatable bonds is 2. The second kappa shape index (κ2) is 5.26. The number of hydrogen-bond donors (Lipinski definition) is 2. The Bertz CT molecular complexity index is 905. The number of halogens is 1. The van der Waals surface area contributed by atoms with E-state index in [1.165, 1.54) is 6.07 Å². The predicted molar refractivity (Wildman–Crippen MR) is 79.7 cm³/mol. The van der Waals surface area contributed by atoms with Gasteiger partial charge in [-0.1, -0.05) is 23.5 Å². The molecule has 2 aromatic heterocycles. The summed E-state index contributed by atoms with van der Waals surface area (Å²) in [6.45, 7) is 0. The number of carbonyl (C=O) groups is 1. The summed E-state index contributed by atoms with van der Waals surface area (Å²) in [6, 6.07) is 6.39. The molecule has 1 amide bonds. The molecular formula is C12H6BrN3O4S. The molecule has 0 radical (unpaired) electrons. The minimum atomic E-state index is -0.924. The molecule has 106 valence electrons. The molecule has 0 aliphatic heterocycles. The molecule has 0 unspecified atom stereocenters. The Morgan fingerprint density at radius 3 is 2.81 bits per heavy atom. The molecular weight excluding hydrogens is 362 g/mol. The van der Waals surface area contributed by atoms with Crippen LogP contribution in [0.3, 0.4) is 0 Å². The van der Waals surface area contributed by atoms with Crippen LogP contribution in [0, 0.1) is 0 Å². The topological polar surface area (TPSA) is 105 Å². The number of nitrogens with one attached hydrogen (secondary N) is 1. The van der Waals surface area contributed by atoms with Crippen molar-refractivity contribution in [3.8, 4) is 5.75 Å². The Hall–Kier alpha value is -2.26. The summed E-state index contributed by atoms with van der Waals surface area (Å²) in [5.74, 6) is -1.24. The van der Waals surface area contributed by atoms with Crippen molar-refractivity contribution in [2.24, 2.45) is 0 Å². The molecule has 3 aromatic rings. The highest BCUT2D eigenvalue weighted by Gasteiger charge is 2.21. The molecule has 0 atom stereocenters. The molecule has 9 heteroatoms. The number of para-hydroxylation sites is 1. The Morgan fingerprint density at radius 1 is 1.33 bits per heavy atom. The lowest BCUT2D eigenvalue weighted by Crippen LogP contribution is -2.21. The van der Waals surface area contributed by atoms with Gasteiger partial charge in [0, 0.05) is 0 Å². The minimum absolute atomic E-state index is 0.193. The van der Waals surface area contributed by atoms with Gasteiger partial charge in [-0.2, -0.15) is 0 Å². The smallest absolute Gasteiger partial charge is 0.353 e. The van der Waals surface area contributed by atoms with E-state index in [0.29, 0.717) is 3.92 Å². The van der Waals surface area contributed by atoms with Gasteiger partial charge < -0.3 is 9.52 Å². The second-order valence-corrected chi connectivity index (χ2v) is 6.18. The third-order valence-corrected chi connectivity index (χ3v) is 3.90. The third kappa shape index (κ3) is 2.52. The van der Waals surface area contributed by atoms with Crippen molar-refractivity contribution in [3.05, 3.63) is 44.2 Å². The molecule has 21 heavy (non-hydrogen) atoms. The van der Waals surface area contributed by atoms with Crippen LogP contribution in [0.4, 0.5) is 5.13 Å².